The van der Waals surface area contributed by atoms with Crippen molar-refractivity contribution in [3.8, 4) is 0 Å². The number of nitrogen functional groups attached to an aromatic ring is 1. The summed E-state index contributed by atoms with van der Waals surface area (Å²) >= 11 is 0. The Morgan fingerprint density at radius 2 is 2.20 bits per heavy atom. The Morgan fingerprint density at radius 1 is 1.45 bits per heavy atom. The van der Waals surface area contributed by atoms with Gasteiger partial charge in [0.2, 0.25) is 5.91 Å². The van der Waals surface area contributed by atoms with Crippen molar-refractivity contribution in [2.24, 2.45) is 5.41 Å². The summed E-state index contributed by atoms with van der Waals surface area (Å²) in [6.07, 6.45) is 2.39. The summed E-state index contributed by atoms with van der Waals surface area (Å²) < 4.78 is 0. The van der Waals surface area contributed by atoms with E-state index in [1.54, 1.807) is 0 Å². The first kappa shape index (κ1) is 14.9. The molecule has 1 aliphatic rings. The number of piperidine rings is 1. The standard InChI is InChI=1S/C16H25N3O/c1-12-6-4-7-13(17)15(12)18-14(20)10-19-9-5-8-16(2,3)11-19/h4,6-7H,5,8-11,17H2,1-3H3,(H,18,20). The van der Waals surface area contributed by atoms with Gasteiger partial charge in [-0.05, 0) is 43.4 Å². The van der Waals surface area contributed by atoms with Gasteiger partial charge in [0.05, 0.1) is 17.9 Å². The number of hydrogen-bond donors (Lipinski definition) is 2. The topological polar surface area (TPSA) is 58.4 Å². The largest absolute Gasteiger partial charge is 0.397 e. The Hall–Kier alpha value is -1.55. The molecule has 0 spiro atoms. The molecule has 1 aromatic carbocycles. The fourth-order valence-corrected chi connectivity index (χ4v) is 2.92. The zero-order valence-corrected chi connectivity index (χ0v) is 12.7. The van der Waals surface area contributed by atoms with Gasteiger partial charge in [-0.1, -0.05) is 26.0 Å². The minimum atomic E-state index is 0.0173. The summed E-state index contributed by atoms with van der Waals surface area (Å²) in [5.74, 6) is 0.0173. The average Bonchev–Trinajstić information content (AvgIpc) is 2.33. The van der Waals surface area contributed by atoms with E-state index in [4.69, 9.17) is 5.73 Å². The average molecular weight is 275 g/mol. The molecule has 1 aliphatic heterocycles. The van der Waals surface area contributed by atoms with Gasteiger partial charge >= 0.3 is 0 Å². The maximum absolute atomic E-state index is 12.2. The van der Waals surface area contributed by atoms with Crippen LogP contribution in [0.25, 0.3) is 0 Å². The molecule has 1 heterocycles. The van der Waals surface area contributed by atoms with Crippen LogP contribution in [0.4, 0.5) is 11.4 Å². The predicted molar refractivity (Wildman–Crippen MR) is 83.7 cm³/mol. The summed E-state index contributed by atoms with van der Waals surface area (Å²) in [5, 5.41) is 2.95. The van der Waals surface area contributed by atoms with Crippen LogP contribution in [0.3, 0.4) is 0 Å². The van der Waals surface area contributed by atoms with Crippen molar-refractivity contribution >= 4 is 17.3 Å². The molecule has 0 bridgehead atoms. The molecule has 110 valence electrons. The van der Waals surface area contributed by atoms with Crippen molar-refractivity contribution < 1.29 is 4.79 Å². The molecule has 0 radical (unpaired) electrons. The van der Waals surface area contributed by atoms with E-state index in [0.29, 0.717) is 17.6 Å². The lowest BCUT2D eigenvalue weighted by atomic mass is 9.84. The van der Waals surface area contributed by atoms with Gasteiger partial charge in [-0.3, -0.25) is 9.69 Å². The van der Waals surface area contributed by atoms with Gasteiger partial charge in [0, 0.05) is 6.54 Å². The Balaban J connectivity index is 1.96. The molecule has 0 aromatic heterocycles. The van der Waals surface area contributed by atoms with Crippen molar-refractivity contribution in [2.45, 2.75) is 33.6 Å². The summed E-state index contributed by atoms with van der Waals surface area (Å²) in [6.45, 7) is 8.89. The van der Waals surface area contributed by atoms with Crippen LogP contribution >= 0.6 is 0 Å². The smallest absolute Gasteiger partial charge is 0.238 e. The minimum Gasteiger partial charge on any atom is -0.397 e. The van der Waals surface area contributed by atoms with Gasteiger partial charge in [-0.25, -0.2) is 0 Å². The molecular formula is C16H25N3O. The van der Waals surface area contributed by atoms with Crippen LogP contribution in [0.1, 0.15) is 32.3 Å². The lowest BCUT2D eigenvalue weighted by Gasteiger charge is -2.37. The molecule has 3 N–H and O–H groups in total. The fourth-order valence-electron chi connectivity index (χ4n) is 2.92. The van der Waals surface area contributed by atoms with Crippen LogP contribution in [0.2, 0.25) is 0 Å². The molecule has 1 fully saturated rings. The molecule has 0 unspecified atom stereocenters. The highest BCUT2D eigenvalue weighted by Gasteiger charge is 2.27. The van der Waals surface area contributed by atoms with Crippen LogP contribution in [0, 0.1) is 12.3 Å². The summed E-state index contributed by atoms with van der Waals surface area (Å²) in [4.78, 5) is 14.4. The van der Waals surface area contributed by atoms with E-state index in [2.05, 4.69) is 24.1 Å². The van der Waals surface area contributed by atoms with Crippen LogP contribution in [-0.2, 0) is 4.79 Å². The van der Waals surface area contributed by atoms with Gasteiger partial charge in [-0.15, -0.1) is 0 Å². The number of nitrogens with two attached hydrogens (primary N) is 1. The van der Waals surface area contributed by atoms with Gasteiger partial charge < -0.3 is 11.1 Å². The zero-order valence-electron chi connectivity index (χ0n) is 12.7. The van der Waals surface area contributed by atoms with Gasteiger partial charge in [0.1, 0.15) is 0 Å². The van der Waals surface area contributed by atoms with Gasteiger partial charge in [0.25, 0.3) is 0 Å². The van der Waals surface area contributed by atoms with Crippen LogP contribution < -0.4 is 11.1 Å². The Bertz CT molecular complexity index is 476. The number of para-hydroxylation sites is 1. The van der Waals surface area contributed by atoms with Crippen molar-refractivity contribution in [2.75, 3.05) is 30.7 Å². The SMILES string of the molecule is Cc1cccc(N)c1NC(=O)CN1CCCC(C)(C)C1. The summed E-state index contributed by atoms with van der Waals surface area (Å²) in [5.41, 5.74) is 8.59. The van der Waals surface area contributed by atoms with Gasteiger partial charge in [0.15, 0.2) is 0 Å². The van der Waals surface area contributed by atoms with E-state index in [0.717, 1.165) is 30.8 Å². The van der Waals surface area contributed by atoms with Crippen molar-refractivity contribution in [1.29, 1.82) is 0 Å². The molecule has 20 heavy (non-hydrogen) atoms. The van der Waals surface area contributed by atoms with Crippen LogP contribution in [-0.4, -0.2) is 30.4 Å². The fraction of sp³-hybridized carbons (Fsp3) is 0.562. The third kappa shape index (κ3) is 3.73. The molecule has 1 saturated heterocycles. The normalized spacial score (nSPS) is 18.8. The van der Waals surface area contributed by atoms with Crippen LogP contribution in [0.5, 0.6) is 0 Å². The number of carbonyl (C=O) groups excluding carboxylic acids is 1. The second kappa shape index (κ2) is 5.83. The second-order valence-electron chi connectivity index (χ2n) is 6.57. The zero-order chi connectivity index (χ0) is 14.8. The first-order chi connectivity index (χ1) is 9.37. The molecule has 4 nitrogen and oxygen atoms in total. The number of carbonyl (C=O) groups is 1. The first-order valence-electron chi connectivity index (χ1n) is 7.25. The Labute approximate surface area is 121 Å². The second-order valence-corrected chi connectivity index (χ2v) is 6.57. The molecule has 0 aliphatic carbocycles. The Morgan fingerprint density at radius 3 is 2.85 bits per heavy atom. The first-order valence-corrected chi connectivity index (χ1v) is 7.25. The van der Waals surface area contributed by atoms with E-state index >= 15 is 0 Å². The number of likely N-dealkylation sites (tertiary alicyclic amines) is 1. The molecule has 4 heteroatoms. The minimum absolute atomic E-state index is 0.0173. The highest BCUT2D eigenvalue weighted by molar-refractivity contribution is 5.96. The molecule has 0 atom stereocenters. The monoisotopic (exact) mass is 275 g/mol. The number of amides is 1. The van der Waals surface area contributed by atoms with E-state index in [9.17, 15) is 4.79 Å². The van der Waals surface area contributed by atoms with Crippen molar-refractivity contribution in [1.82, 2.24) is 4.90 Å². The number of aryl methyl sites for hydroxylation is 1. The molecule has 0 saturated carbocycles. The maximum atomic E-state index is 12.2. The third-order valence-electron chi connectivity index (χ3n) is 3.92. The number of nitrogens with one attached hydrogen (secondary N) is 1. The Kier molecular flexibility index (Phi) is 4.33. The highest BCUT2D eigenvalue weighted by atomic mass is 16.2. The van der Waals surface area contributed by atoms with E-state index in [-0.39, 0.29) is 5.91 Å². The molecule has 1 aromatic rings. The highest BCUT2D eigenvalue weighted by Crippen LogP contribution is 2.28. The van der Waals surface area contributed by atoms with Crippen molar-refractivity contribution in [3.05, 3.63) is 23.8 Å². The molecule has 1 amide bonds. The third-order valence-corrected chi connectivity index (χ3v) is 3.92. The predicted octanol–water partition coefficient (Wildman–Crippen LogP) is 2.64. The number of nitrogens with zero attached hydrogens (tertiary/aromatic N) is 1. The number of anilines is 2. The maximum Gasteiger partial charge on any atom is 0.238 e. The molecule has 2 rings (SSSR count). The van der Waals surface area contributed by atoms with E-state index in [1.165, 1.54) is 6.42 Å². The van der Waals surface area contributed by atoms with Gasteiger partial charge in [-0.2, -0.15) is 0 Å². The quantitative estimate of drug-likeness (QED) is 0.834. The van der Waals surface area contributed by atoms with Crippen LogP contribution in [0.15, 0.2) is 18.2 Å². The summed E-state index contributed by atoms with van der Waals surface area (Å²) in [6, 6.07) is 5.66. The lowest BCUT2D eigenvalue weighted by Crippen LogP contribution is -2.43. The summed E-state index contributed by atoms with van der Waals surface area (Å²) in [7, 11) is 0. The number of rotatable bonds is 3. The molecular weight excluding hydrogens is 250 g/mol. The lowest BCUT2D eigenvalue weighted by molar-refractivity contribution is -0.118. The number of benzene rings is 1. The number of hydrogen-bond acceptors (Lipinski definition) is 3. The van der Waals surface area contributed by atoms with E-state index in [1.807, 2.05) is 25.1 Å². The van der Waals surface area contributed by atoms with E-state index < -0.39 is 0 Å². The van der Waals surface area contributed by atoms with Crippen molar-refractivity contribution in [3.63, 3.8) is 0 Å².